The van der Waals surface area contributed by atoms with Gasteiger partial charge in [-0.05, 0) is 18.8 Å². The summed E-state index contributed by atoms with van der Waals surface area (Å²) in [4.78, 5) is 16.8. The van der Waals surface area contributed by atoms with Gasteiger partial charge in [-0.3, -0.25) is 9.69 Å². The van der Waals surface area contributed by atoms with Crippen molar-refractivity contribution in [1.82, 2.24) is 9.80 Å². The van der Waals surface area contributed by atoms with Gasteiger partial charge >= 0.3 is 0 Å². The summed E-state index contributed by atoms with van der Waals surface area (Å²) in [6, 6.07) is 0.663. The van der Waals surface area contributed by atoms with E-state index in [1.807, 2.05) is 13.8 Å². The normalized spacial score (nSPS) is 22.4. The van der Waals surface area contributed by atoms with Gasteiger partial charge in [0.25, 0.3) is 0 Å². The van der Waals surface area contributed by atoms with Crippen molar-refractivity contribution in [2.45, 2.75) is 59.4 Å². The fourth-order valence-electron chi connectivity index (χ4n) is 2.99. The molecule has 0 N–H and O–H groups in total. The fraction of sp³-hybridized carbons (Fsp3) is 0.941. The Bertz CT molecular complexity index is 283. The molecule has 0 radical (unpaired) electrons. The van der Waals surface area contributed by atoms with Crippen molar-refractivity contribution in [3.05, 3.63) is 0 Å². The highest BCUT2D eigenvalue weighted by Gasteiger charge is 2.27. The number of hydrogen-bond donors (Lipinski definition) is 0. The number of ether oxygens (including phenoxy) is 1. The Labute approximate surface area is 130 Å². The van der Waals surface area contributed by atoms with Crippen LogP contribution in [0.1, 0.15) is 53.4 Å². The Hall–Kier alpha value is -0.610. The Kier molecular flexibility index (Phi) is 8.93. The lowest BCUT2D eigenvalue weighted by molar-refractivity contribution is -0.134. The predicted molar refractivity (Wildman–Crippen MR) is 87.4 cm³/mol. The lowest BCUT2D eigenvalue weighted by Gasteiger charge is -2.40. The number of nitrogens with zero attached hydrogens (tertiary/aromatic N) is 2. The van der Waals surface area contributed by atoms with E-state index in [1.54, 1.807) is 0 Å². The molecule has 2 saturated heterocycles. The maximum Gasteiger partial charge on any atom is 0.222 e. The van der Waals surface area contributed by atoms with Crippen molar-refractivity contribution >= 4 is 5.91 Å². The molecule has 0 bridgehead atoms. The summed E-state index contributed by atoms with van der Waals surface area (Å²) < 4.78 is 5.40. The number of piperidine rings is 1. The number of carbonyl (C=O) groups is 1. The van der Waals surface area contributed by atoms with Crippen LogP contribution in [-0.2, 0) is 9.53 Å². The molecule has 2 aliphatic rings. The van der Waals surface area contributed by atoms with Gasteiger partial charge in [0, 0.05) is 38.6 Å². The second-order valence-electron chi connectivity index (χ2n) is 5.98. The zero-order chi connectivity index (χ0) is 15.7. The van der Waals surface area contributed by atoms with Crippen LogP contribution < -0.4 is 0 Å². The molecule has 2 fully saturated rings. The van der Waals surface area contributed by atoms with Gasteiger partial charge in [0.05, 0.1) is 13.2 Å². The van der Waals surface area contributed by atoms with E-state index >= 15 is 0 Å². The Morgan fingerprint density at radius 2 is 1.71 bits per heavy atom. The molecule has 124 valence electrons. The largest absolute Gasteiger partial charge is 0.379 e. The van der Waals surface area contributed by atoms with E-state index in [9.17, 15) is 4.79 Å². The zero-order valence-electron chi connectivity index (χ0n) is 14.4. The molecule has 0 spiro atoms. The molecular weight excluding hydrogens is 264 g/mol. The van der Waals surface area contributed by atoms with E-state index in [0.29, 0.717) is 17.9 Å². The predicted octanol–water partition coefficient (Wildman–Crippen LogP) is 2.77. The minimum atomic E-state index is 0.356. The summed E-state index contributed by atoms with van der Waals surface area (Å²) in [7, 11) is 0. The van der Waals surface area contributed by atoms with Crippen LogP contribution in [0.3, 0.4) is 0 Å². The number of rotatable bonds is 4. The van der Waals surface area contributed by atoms with Crippen molar-refractivity contribution in [2.75, 3.05) is 39.4 Å². The lowest BCUT2D eigenvalue weighted by atomic mass is 10.00. The first-order valence-corrected chi connectivity index (χ1v) is 8.80. The van der Waals surface area contributed by atoms with Crippen molar-refractivity contribution < 1.29 is 9.53 Å². The average molecular weight is 298 g/mol. The van der Waals surface area contributed by atoms with Gasteiger partial charge in [-0.2, -0.15) is 0 Å². The van der Waals surface area contributed by atoms with Gasteiger partial charge < -0.3 is 9.64 Å². The highest BCUT2D eigenvalue weighted by Crippen LogP contribution is 2.19. The summed E-state index contributed by atoms with van der Waals surface area (Å²) in [5.41, 5.74) is 0. The van der Waals surface area contributed by atoms with Crippen molar-refractivity contribution in [3.8, 4) is 0 Å². The molecule has 0 aromatic carbocycles. The molecule has 4 nitrogen and oxygen atoms in total. The SMILES string of the molecule is CC.CCC(C)CC(=O)N1CCC(N2CCOCC2)CC1. The highest BCUT2D eigenvalue weighted by atomic mass is 16.5. The molecule has 2 aliphatic heterocycles. The molecule has 0 saturated carbocycles. The smallest absolute Gasteiger partial charge is 0.222 e. The second kappa shape index (κ2) is 10.2. The van der Waals surface area contributed by atoms with E-state index in [4.69, 9.17) is 4.74 Å². The Balaban J connectivity index is 0.00000106. The average Bonchev–Trinajstić information content (AvgIpc) is 2.57. The molecule has 0 aliphatic carbocycles. The molecule has 2 heterocycles. The van der Waals surface area contributed by atoms with E-state index in [0.717, 1.165) is 65.1 Å². The van der Waals surface area contributed by atoms with Gasteiger partial charge in [-0.15, -0.1) is 0 Å². The molecule has 1 atom stereocenters. The monoisotopic (exact) mass is 298 g/mol. The van der Waals surface area contributed by atoms with Gasteiger partial charge in [-0.25, -0.2) is 0 Å². The molecule has 0 aromatic rings. The number of morpholine rings is 1. The molecule has 4 heteroatoms. The number of likely N-dealkylation sites (tertiary alicyclic amines) is 1. The Morgan fingerprint density at radius 1 is 1.14 bits per heavy atom. The summed E-state index contributed by atoms with van der Waals surface area (Å²) in [5.74, 6) is 0.874. The van der Waals surface area contributed by atoms with Gasteiger partial charge in [-0.1, -0.05) is 34.1 Å². The molecular formula is C17H34N2O2. The number of amides is 1. The first-order valence-electron chi connectivity index (χ1n) is 8.80. The first-order chi connectivity index (χ1) is 10.2. The van der Waals surface area contributed by atoms with E-state index in [2.05, 4.69) is 23.6 Å². The molecule has 2 rings (SSSR count). The van der Waals surface area contributed by atoms with Crippen LogP contribution in [0.2, 0.25) is 0 Å². The van der Waals surface area contributed by atoms with Crippen LogP contribution in [0.4, 0.5) is 0 Å². The molecule has 21 heavy (non-hydrogen) atoms. The summed E-state index contributed by atoms with van der Waals surface area (Å²) >= 11 is 0. The van der Waals surface area contributed by atoms with Gasteiger partial charge in [0.1, 0.15) is 0 Å². The number of carbonyl (C=O) groups excluding carboxylic acids is 1. The van der Waals surface area contributed by atoms with Crippen LogP contribution in [0.15, 0.2) is 0 Å². The third-order valence-corrected chi connectivity index (χ3v) is 4.60. The van der Waals surface area contributed by atoms with Crippen LogP contribution in [-0.4, -0.2) is 61.1 Å². The van der Waals surface area contributed by atoms with Gasteiger partial charge in [0.2, 0.25) is 5.91 Å². The minimum absolute atomic E-state index is 0.356. The highest BCUT2D eigenvalue weighted by molar-refractivity contribution is 5.76. The van der Waals surface area contributed by atoms with Crippen LogP contribution in [0.5, 0.6) is 0 Å². The van der Waals surface area contributed by atoms with E-state index in [-0.39, 0.29) is 0 Å². The van der Waals surface area contributed by atoms with E-state index < -0.39 is 0 Å². The molecule has 1 unspecified atom stereocenters. The minimum Gasteiger partial charge on any atom is -0.379 e. The van der Waals surface area contributed by atoms with E-state index in [1.165, 1.54) is 0 Å². The molecule has 1 amide bonds. The maximum atomic E-state index is 12.1. The number of hydrogen-bond acceptors (Lipinski definition) is 3. The third-order valence-electron chi connectivity index (χ3n) is 4.60. The van der Waals surface area contributed by atoms with Crippen LogP contribution in [0, 0.1) is 5.92 Å². The van der Waals surface area contributed by atoms with Crippen molar-refractivity contribution in [3.63, 3.8) is 0 Å². The van der Waals surface area contributed by atoms with Crippen LogP contribution >= 0.6 is 0 Å². The Morgan fingerprint density at radius 3 is 2.24 bits per heavy atom. The quantitative estimate of drug-likeness (QED) is 0.800. The lowest BCUT2D eigenvalue weighted by Crippen LogP contribution is -2.50. The van der Waals surface area contributed by atoms with Crippen molar-refractivity contribution in [1.29, 1.82) is 0 Å². The third kappa shape index (κ3) is 5.95. The topological polar surface area (TPSA) is 32.8 Å². The standard InChI is InChI=1S/C15H28N2O2.C2H6/c1-3-13(2)12-15(18)17-6-4-14(5-7-17)16-8-10-19-11-9-16;1-2/h13-14H,3-12H2,1-2H3;1-2H3. The summed E-state index contributed by atoms with van der Waals surface area (Å²) in [6.45, 7) is 14.1. The van der Waals surface area contributed by atoms with Crippen molar-refractivity contribution in [2.24, 2.45) is 5.92 Å². The fourth-order valence-corrected chi connectivity index (χ4v) is 2.99. The summed E-state index contributed by atoms with van der Waals surface area (Å²) in [6.07, 6.45) is 4.08. The maximum absolute atomic E-state index is 12.1. The molecule has 0 aromatic heterocycles. The zero-order valence-corrected chi connectivity index (χ0v) is 14.4. The summed E-state index contributed by atoms with van der Waals surface area (Å²) in [5, 5.41) is 0. The second-order valence-corrected chi connectivity index (χ2v) is 5.98. The van der Waals surface area contributed by atoms with Gasteiger partial charge in [0.15, 0.2) is 0 Å². The van der Waals surface area contributed by atoms with Crippen LogP contribution in [0.25, 0.3) is 0 Å². The first kappa shape index (κ1) is 18.4.